The maximum Gasteiger partial charge on any atom is 0.146 e. The minimum absolute atomic E-state index is 0.172. The zero-order valence-corrected chi connectivity index (χ0v) is 7.52. The average molecular weight is 167 g/mol. The van der Waals surface area contributed by atoms with Gasteiger partial charge in [0.15, 0.2) is 0 Å². The molecule has 66 valence electrons. The van der Waals surface area contributed by atoms with Crippen molar-refractivity contribution in [3.63, 3.8) is 0 Å². The van der Waals surface area contributed by atoms with Gasteiger partial charge in [0.05, 0.1) is 5.69 Å². The molecule has 0 saturated carbocycles. The predicted octanol–water partition coefficient (Wildman–Crippen LogP) is 2.82. The van der Waals surface area contributed by atoms with Gasteiger partial charge < -0.3 is 5.32 Å². The van der Waals surface area contributed by atoms with E-state index in [9.17, 15) is 4.39 Å². The SMILES string of the molecule is CCNc1cc(CC)ccc1F. The summed E-state index contributed by atoms with van der Waals surface area (Å²) in [6.07, 6.45) is 0.943. The van der Waals surface area contributed by atoms with Crippen molar-refractivity contribution in [1.82, 2.24) is 0 Å². The lowest BCUT2D eigenvalue weighted by Gasteiger charge is -2.06. The largest absolute Gasteiger partial charge is 0.383 e. The Kier molecular flexibility index (Phi) is 3.09. The van der Waals surface area contributed by atoms with Gasteiger partial charge in [-0.15, -0.1) is 0 Å². The van der Waals surface area contributed by atoms with Crippen molar-refractivity contribution in [1.29, 1.82) is 0 Å². The van der Waals surface area contributed by atoms with Gasteiger partial charge in [-0.25, -0.2) is 4.39 Å². The van der Waals surface area contributed by atoms with Crippen molar-refractivity contribution in [2.45, 2.75) is 20.3 Å². The van der Waals surface area contributed by atoms with E-state index in [-0.39, 0.29) is 5.82 Å². The highest BCUT2D eigenvalue weighted by Crippen LogP contribution is 2.15. The molecule has 1 nitrogen and oxygen atoms in total. The number of aryl methyl sites for hydroxylation is 1. The minimum atomic E-state index is -0.172. The van der Waals surface area contributed by atoms with Crippen molar-refractivity contribution in [2.75, 3.05) is 11.9 Å². The van der Waals surface area contributed by atoms with Crippen LogP contribution in [-0.2, 0) is 6.42 Å². The van der Waals surface area contributed by atoms with E-state index < -0.39 is 0 Å². The maximum atomic E-state index is 13.0. The fourth-order valence-electron chi connectivity index (χ4n) is 1.12. The molecule has 0 aromatic heterocycles. The van der Waals surface area contributed by atoms with Gasteiger partial charge in [-0.1, -0.05) is 13.0 Å². The van der Waals surface area contributed by atoms with Gasteiger partial charge in [0, 0.05) is 6.54 Å². The fourth-order valence-corrected chi connectivity index (χ4v) is 1.12. The Morgan fingerprint density at radius 3 is 2.67 bits per heavy atom. The monoisotopic (exact) mass is 167 g/mol. The van der Waals surface area contributed by atoms with Crippen LogP contribution < -0.4 is 5.32 Å². The molecular formula is C10H14FN. The molecule has 0 amide bonds. The zero-order chi connectivity index (χ0) is 8.97. The summed E-state index contributed by atoms with van der Waals surface area (Å²) in [6, 6.07) is 5.19. The number of hydrogen-bond donors (Lipinski definition) is 1. The molecule has 0 unspecified atom stereocenters. The first-order chi connectivity index (χ1) is 5.77. The minimum Gasteiger partial charge on any atom is -0.383 e. The molecule has 0 radical (unpaired) electrons. The first-order valence-corrected chi connectivity index (χ1v) is 4.30. The fraction of sp³-hybridized carbons (Fsp3) is 0.400. The summed E-state index contributed by atoms with van der Waals surface area (Å²) < 4.78 is 13.0. The number of hydrogen-bond acceptors (Lipinski definition) is 1. The lowest BCUT2D eigenvalue weighted by Crippen LogP contribution is -1.99. The van der Waals surface area contributed by atoms with Crippen LogP contribution in [0.15, 0.2) is 18.2 Å². The van der Waals surface area contributed by atoms with Crippen molar-refractivity contribution in [3.05, 3.63) is 29.6 Å². The highest BCUT2D eigenvalue weighted by Gasteiger charge is 2.00. The normalized spacial score (nSPS) is 9.92. The molecule has 1 aromatic rings. The number of halogens is 1. The molecule has 0 spiro atoms. The van der Waals surface area contributed by atoms with Gasteiger partial charge in [-0.3, -0.25) is 0 Å². The number of anilines is 1. The Hall–Kier alpha value is -1.05. The smallest absolute Gasteiger partial charge is 0.146 e. The molecule has 0 heterocycles. The Labute approximate surface area is 72.6 Å². The molecular weight excluding hydrogens is 153 g/mol. The molecule has 0 aliphatic carbocycles. The average Bonchev–Trinajstić information content (AvgIpc) is 2.09. The second-order valence-corrected chi connectivity index (χ2v) is 2.70. The van der Waals surface area contributed by atoms with E-state index in [2.05, 4.69) is 12.2 Å². The quantitative estimate of drug-likeness (QED) is 0.730. The number of benzene rings is 1. The van der Waals surface area contributed by atoms with Crippen LogP contribution >= 0.6 is 0 Å². The van der Waals surface area contributed by atoms with Gasteiger partial charge in [0.25, 0.3) is 0 Å². The van der Waals surface area contributed by atoms with Crippen LogP contribution in [0, 0.1) is 5.82 Å². The van der Waals surface area contributed by atoms with Crippen LogP contribution in [0.25, 0.3) is 0 Å². The van der Waals surface area contributed by atoms with Gasteiger partial charge >= 0.3 is 0 Å². The molecule has 0 atom stereocenters. The van der Waals surface area contributed by atoms with Gasteiger partial charge in [-0.05, 0) is 31.0 Å². The molecule has 1 rings (SSSR count). The van der Waals surface area contributed by atoms with Crippen molar-refractivity contribution < 1.29 is 4.39 Å². The Balaban J connectivity index is 2.91. The summed E-state index contributed by atoms with van der Waals surface area (Å²) in [5.74, 6) is -0.172. The van der Waals surface area contributed by atoms with E-state index in [0.29, 0.717) is 5.69 Å². The third kappa shape index (κ3) is 1.97. The maximum absolute atomic E-state index is 13.0. The summed E-state index contributed by atoms with van der Waals surface area (Å²) >= 11 is 0. The molecule has 12 heavy (non-hydrogen) atoms. The first-order valence-electron chi connectivity index (χ1n) is 4.30. The van der Waals surface area contributed by atoms with Crippen molar-refractivity contribution in [3.8, 4) is 0 Å². The summed E-state index contributed by atoms with van der Waals surface area (Å²) in [7, 11) is 0. The van der Waals surface area contributed by atoms with Crippen LogP contribution in [0.3, 0.4) is 0 Å². The second kappa shape index (κ2) is 4.10. The van der Waals surface area contributed by atoms with Crippen molar-refractivity contribution in [2.24, 2.45) is 0 Å². The summed E-state index contributed by atoms with van der Waals surface area (Å²) in [6.45, 7) is 4.77. The number of nitrogens with one attached hydrogen (secondary N) is 1. The van der Waals surface area contributed by atoms with E-state index in [0.717, 1.165) is 18.5 Å². The Morgan fingerprint density at radius 1 is 1.33 bits per heavy atom. The molecule has 1 aromatic carbocycles. The predicted molar refractivity (Wildman–Crippen MR) is 49.9 cm³/mol. The Morgan fingerprint density at radius 2 is 2.08 bits per heavy atom. The van der Waals surface area contributed by atoms with Gasteiger partial charge in [0.2, 0.25) is 0 Å². The molecule has 0 saturated heterocycles. The van der Waals surface area contributed by atoms with E-state index in [1.165, 1.54) is 6.07 Å². The molecule has 0 aliphatic rings. The number of rotatable bonds is 3. The lowest BCUT2D eigenvalue weighted by atomic mass is 10.1. The first kappa shape index (κ1) is 9.04. The van der Waals surface area contributed by atoms with Crippen molar-refractivity contribution >= 4 is 5.69 Å². The van der Waals surface area contributed by atoms with Gasteiger partial charge in [-0.2, -0.15) is 0 Å². The highest BCUT2D eigenvalue weighted by atomic mass is 19.1. The Bertz CT molecular complexity index is 258. The van der Waals surface area contributed by atoms with E-state index in [1.807, 2.05) is 19.1 Å². The third-order valence-electron chi connectivity index (χ3n) is 1.81. The van der Waals surface area contributed by atoms with E-state index in [1.54, 1.807) is 0 Å². The lowest BCUT2D eigenvalue weighted by molar-refractivity contribution is 0.630. The summed E-state index contributed by atoms with van der Waals surface area (Å²) in [5, 5.41) is 2.98. The third-order valence-corrected chi connectivity index (χ3v) is 1.81. The second-order valence-electron chi connectivity index (χ2n) is 2.70. The van der Waals surface area contributed by atoms with E-state index in [4.69, 9.17) is 0 Å². The van der Waals surface area contributed by atoms with Crippen LogP contribution in [0.4, 0.5) is 10.1 Å². The molecule has 0 aliphatic heterocycles. The van der Waals surface area contributed by atoms with Crippen LogP contribution in [0.5, 0.6) is 0 Å². The van der Waals surface area contributed by atoms with Gasteiger partial charge in [0.1, 0.15) is 5.82 Å². The highest BCUT2D eigenvalue weighted by molar-refractivity contribution is 5.47. The molecule has 1 N–H and O–H groups in total. The van der Waals surface area contributed by atoms with E-state index >= 15 is 0 Å². The van der Waals surface area contributed by atoms with Crippen LogP contribution in [0.1, 0.15) is 19.4 Å². The zero-order valence-electron chi connectivity index (χ0n) is 7.52. The molecule has 0 fully saturated rings. The standard InChI is InChI=1S/C10H14FN/c1-3-8-5-6-9(11)10(7-8)12-4-2/h5-7,12H,3-4H2,1-2H3. The van der Waals surface area contributed by atoms with Crippen LogP contribution in [0.2, 0.25) is 0 Å². The van der Waals surface area contributed by atoms with Crippen LogP contribution in [-0.4, -0.2) is 6.54 Å². The molecule has 0 bridgehead atoms. The summed E-state index contributed by atoms with van der Waals surface area (Å²) in [5.41, 5.74) is 1.77. The molecule has 2 heteroatoms. The topological polar surface area (TPSA) is 12.0 Å². The summed E-state index contributed by atoms with van der Waals surface area (Å²) in [4.78, 5) is 0.